The molecule has 0 aliphatic carbocycles. The van der Waals surface area contributed by atoms with Crippen LogP contribution >= 0.6 is 0 Å². The van der Waals surface area contributed by atoms with Crippen molar-refractivity contribution in [3.05, 3.63) is 23.8 Å². The number of anilines is 1. The van der Waals surface area contributed by atoms with Crippen LogP contribution in [-0.2, 0) is 9.59 Å². The molecule has 0 aliphatic rings. The average Bonchev–Trinajstić information content (AvgIpc) is 2.23. The molecule has 1 aromatic carbocycles. The summed E-state index contributed by atoms with van der Waals surface area (Å²) in [7, 11) is 0. The fraction of sp³-hybridized carbons (Fsp3) is 0.333. The normalized spacial score (nSPS) is 11.0. The lowest BCUT2D eigenvalue weighted by Crippen LogP contribution is -2.51. The van der Waals surface area contributed by atoms with Crippen molar-refractivity contribution in [1.82, 2.24) is 5.32 Å². The van der Waals surface area contributed by atoms with Crippen LogP contribution in [0.2, 0.25) is 0 Å². The summed E-state index contributed by atoms with van der Waals surface area (Å²) < 4.78 is 26.1. The molecule has 0 atom stereocenters. The van der Waals surface area contributed by atoms with Gasteiger partial charge in [-0.15, -0.1) is 0 Å². The van der Waals surface area contributed by atoms with Gasteiger partial charge < -0.3 is 15.7 Å². The van der Waals surface area contributed by atoms with Gasteiger partial charge >= 0.3 is 0 Å². The minimum atomic E-state index is -1.29. The zero-order valence-electron chi connectivity index (χ0n) is 10.7. The number of nitrogens with one attached hydrogen (secondary N) is 2. The van der Waals surface area contributed by atoms with Crippen LogP contribution < -0.4 is 10.6 Å². The van der Waals surface area contributed by atoms with E-state index in [9.17, 15) is 23.5 Å². The molecule has 0 spiro atoms. The van der Waals surface area contributed by atoms with Gasteiger partial charge in [0.05, 0.1) is 5.69 Å². The second-order valence-corrected chi connectivity index (χ2v) is 4.54. The van der Waals surface area contributed by atoms with Crippen LogP contribution in [0.3, 0.4) is 0 Å². The van der Waals surface area contributed by atoms with Gasteiger partial charge in [-0.25, -0.2) is 8.78 Å². The van der Waals surface area contributed by atoms with Crippen molar-refractivity contribution in [3.63, 3.8) is 0 Å². The van der Waals surface area contributed by atoms with Crippen LogP contribution in [0.4, 0.5) is 14.5 Å². The number of rotatable bonds is 3. The SMILES string of the molecule is CC(=O)NC(C)(C)C(=O)Nc1cc(F)cc(F)c1O. The number of phenols is 1. The smallest absolute Gasteiger partial charge is 0.249 e. The number of carbonyl (C=O) groups is 2. The van der Waals surface area contributed by atoms with Crippen LogP contribution in [0, 0.1) is 11.6 Å². The summed E-state index contributed by atoms with van der Waals surface area (Å²) in [6.45, 7) is 4.06. The molecule has 5 nitrogen and oxygen atoms in total. The van der Waals surface area contributed by atoms with Crippen molar-refractivity contribution in [1.29, 1.82) is 0 Å². The highest BCUT2D eigenvalue weighted by molar-refractivity contribution is 6.00. The van der Waals surface area contributed by atoms with Crippen LogP contribution in [0.15, 0.2) is 12.1 Å². The largest absolute Gasteiger partial charge is 0.503 e. The molecule has 0 bridgehead atoms. The van der Waals surface area contributed by atoms with Crippen molar-refractivity contribution >= 4 is 17.5 Å². The van der Waals surface area contributed by atoms with E-state index in [-0.39, 0.29) is 0 Å². The van der Waals surface area contributed by atoms with Crippen LogP contribution in [-0.4, -0.2) is 22.5 Å². The summed E-state index contributed by atoms with van der Waals surface area (Å²) >= 11 is 0. The fourth-order valence-electron chi connectivity index (χ4n) is 1.44. The zero-order valence-corrected chi connectivity index (χ0v) is 10.7. The topological polar surface area (TPSA) is 78.4 Å². The number of amides is 2. The second-order valence-electron chi connectivity index (χ2n) is 4.54. The monoisotopic (exact) mass is 272 g/mol. The highest BCUT2D eigenvalue weighted by Gasteiger charge is 2.29. The van der Waals surface area contributed by atoms with E-state index >= 15 is 0 Å². The number of hydrogen-bond acceptors (Lipinski definition) is 3. The molecule has 7 heteroatoms. The molecule has 19 heavy (non-hydrogen) atoms. The summed E-state index contributed by atoms with van der Waals surface area (Å²) in [6, 6.07) is 1.27. The van der Waals surface area contributed by atoms with Gasteiger partial charge in [-0.3, -0.25) is 9.59 Å². The molecule has 0 aromatic heterocycles. The summed E-state index contributed by atoms with van der Waals surface area (Å²) in [5, 5.41) is 13.9. The Morgan fingerprint density at radius 3 is 2.37 bits per heavy atom. The first kappa shape index (κ1) is 14.9. The van der Waals surface area contributed by atoms with E-state index in [1.54, 1.807) is 0 Å². The maximum Gasteiger partial charge on any atom is 0.249 e. The number of carbonyl (C=O) groups excluding carboxylic acids is 2. The Morgan fingerprint density at radius 2 is 1.84 bits per heavy atom. The van der Waals surface area contributed by atoms with Gasteiger partial charge in [0.2, 0.25) is 11.8 Å². The van der Waals surface area contributed by atoms with E-state index in [0.717, 1.165) is 6.07 Å². The number of phenolic OH excluding ortho intramolecular Hbond substituents is 1. The lowest BCUT2D eigenvalue weighted by atomic mass is 10.0. The maximum absolute atomic E-state index is 13.1. The fourth-order valence-corrected chi connectivity index (χ4v) is 1.44. The zero-order chi connectivity index (χ0) is 14.8. The highest BCUT2D eigenvalue weighted by atomic mass is 19.1. The van der Waals surface area contributed by atoms with Gasteiger partial charge in [-0.2, -0.15) is 0 Å². The Bertz CT molecular complexity index is 530. The molecule has 0 aliphatic heterocycles. The van der Waals surface area contributed by atoms with Crippen molar-refractivity contribution in [3.8, 4) is 5.75 Å². The lowest BCUT2D eigenvalue weighted by Gasteiger charge is -2.24. The van der Waals surface area contributed by atoms with Crippen LogP contribution in [0.5, 0.6) is 5.75 Å². The van der Waals surface area contributed by atoms with Crippen molar-refractivity contribution in [2.75, 3.05) is 5.32 Å². The van der Waals surface area contributed by atoms with Crippen LogP contribution in [0.25, 0.3) is 0 Å². The number of halogens is 2. The predicted molar refractivity (Wildman–Crippen MR) is 64.5 cm³/mol. The van der Waals surface area contributed by atoms with E-state index in [2.05, 4.69) is 10.6 Å². The number of aromatic hydroxyl groups is 1. The first-order valence-electron chi connectivity index (χ1n) is 5.41. The Balaban J connectivity index is 2.97. The van der Waals surface area contributed by atoms with Crippen molar-refractivity contribution < 1.29 is 23.5 Å². The number of hydrogen-bond donors (Lipinski definition) is 3. The molecule has 0 fully saturated rings. The predicted octanol–water partition coefficient (Wildman–Crippen LogP) is 1.52. The third-order valence-corrected chi connectivity index (χ3v) is 2.33. The molecule has 0 saturated heterocycles. The van der Waals surface area contributed by atoms with E-state index in [1.165, 1.54) is 20.8 Å². The summed E-state index contributed by atoms with van der Waals surface area (Å²) in [5.41, 5.74) is -1.69. The molecular formula is C12H14F2N2O3. The summed E-state index contributed by atoms with van der Waals surface area (Å²) in [5.74, 6) is -4.15. The average molecular weight is 272 g/mol. The standard InChI is InChI=1S/C12H14F2N2O3/c1-6(17)16-12(2,3)11(19)15-9-5-7(13)4-8(14)10(9)18/h4-5,18H,1-3H3,(H,15,19)(H,16,17). The third-order valence-electron chi connectivity index (χ3n) is 2.33. The molecule has 1 aromatic rings. The van der Waals surface area contributed by atoms with E-state index in [1.807, 2.05) is 0 Å². The molecule has 1 rings (SSSR count). The van der Waals surface area contributed by atoms with Crippen molar-refractivity contribution in [2.24, 2.45) is 0 Å². The third kappa shape index (κ3) is 3.64. The Morgan fingerprint density at radius 1 is 1.26 bits per heavy atom. The Hall–Kier alpha value is -2.18. The van der Waals surface area contributed by atoms with Gasteiger partial charge in [0, 0.05) is 19.1 Å². The molecule has 0 saturated carbocycles. The Kier molecular flexibility index (Phi) is 4.08. The quantitative estimate of drug-likeness (QED) is 0.730. The molecule has 0 heterocycles. The van der Waals surface area contributed by atoms with E-state index in [0.29, 0.717) is 6.07 Å². The van der Waals surface area contributed by atoms with Crippen LogP contribution in [0.1, 0.15) is 20.8 Å². The first-order valence-corrected chi connectivity index (χ1v) is 5.41. The molecule has 104 valence electrons. The second kappa shape index (κ2) is 5.21. The minimum absolute atomic E-state index is 0.402. The number of benzene rings is 1. The highest BCUT2D eigenvalue weighted by Crippen LogP contribution is 2.28. The molecule has 2 amide bonds. The Labute approximate surface area is 108 Å². The van der Waals surface area contributed by atoms with Gasteiger partial charge in [0.15, 0.2) is 11.6 Å². The molecule has 0 unspecified atom stereocenters. The maximum atomic E-state index is 13.1. The van der Waals surface area contributed by atoms with E-state index < -0.39 is 40.4 Å². The minimum Gasteiger partial charge on any atom is -0.503 e. The van der Waals surface area contributed by atoms with Gasteiger partial charge in [0.1, 0.15) is 11.4 Å². The molecular weight excluding hydrogens is 258 g/mol. The summed E-state index contributed by atoms with van der Waals surface area (Å²) in [4.78, 5) is 22.8. The summed E-state index contributed by atoms with van der Waals surface area (Å²) in [6.07, 6.45) is 0. The van der Waals surface area contributed by atoms with Gasteiger partial charge in [0.25, 0.3) is 0 Å². The lowest BCUT2D eigenvalue weighted by molar-refractivity contribution is -0.128. The van der Waals surface area contributed by atoms with Gasteiger partial charge in [-0.05, 0) is 13.8 Å². The van der Waals surface area contributed by atoms with E-state index in [4.69, 9.17) is 0 Å². The van der Waals surface area contributed by atoms with Gasteiger partial charge in [-0.1, -0.05) is 0 Å². The van der Waals surface area contributed by atoms with Crippen molar-refractivity contribution in [2.45, 2.75) is 26.3 Å². The molecule has 3 N–H and O–H groups in total. The first-order chi connectivity index (χ1) is 8.63. The molecule has 0 radical (unpaired) electrons.